The Morgan fingerprint density at radius 1 is 1.53 bits per heavy atom. The summed E-state index contributed by atoms with van der Waals surface area (Å²) in [6, 6.07) is 2.63. The zero-order valence-electron chi connectivity index (χ0n) is 10.5. The van der Waals surface area contributed by atoms with Crippen LogP contribution < -0.4 is 15.4 Å². The molecule has 2 atom stereocenters. The summed E-state index contributed by atoms with van der Waals surface area (Å²) < 4.78 is 5.39. The van der Waals surface area contributed by atoms with Crippen molar-refractivity contribution in [2.75, 3.05) is 18.1 Å². The zero-order valence-corrected chi connectivity index (χ0v) is 10.5. The fourth-order valence-electron chi connectivity index (χ4n) is 2.26. The average Bonchev–Trinajstić information content (AvgIpc) is 2.29. The van der Waals surface area contributed by atoms with Crippen LogP contribution in [0.5, 0.6) is 5.88 Å². The van der Waals surface area contributed by atoms with E-state index in [2.05, 4.69) is 21.8 Å². The van der Waals surface area contributed by atoms with Crippen molar-refractivity contribution in [3.05, 3.63) is 12.4 Å². The van der Waals surface area contributed by atoms with Crippen LogP contribution in [-0.2, 0) is 0 Å². The van der Waals surface area contributed by atoms with Gasteiger partial charge in [0.05, 0.1) is 6.61 Å². The summed E-state index contributed by atoms with van der Waals surface area (Å²) in [5, 5.41) is 0. The third kappa shape index (κ3) is 2.85. The van der Waals surface area contributed by atoms with Gasteiger partial charge in [-0.1, -0.05) is 0 Å². The molecule has 0 saturated carbocycles. The van der Waals surface area contributed by atoms with E-state index in [0.29, 0.717) is 24.6 Å². The van der Waals surface area contributed by atoms with E-state index in [1.807, 2.05) is 13.0 Å². The van der Waals surface area contributed by atoms with Crippen LogP contribution in [0.15, 0.2) is 12.4 Å². The summed E-state index contributed by atoms with van der Waals surface area (Å²) in [5.74, 6) is 1.57. The summed E-state index contributed by atoms with van der Waals surface area (Å²) in [4.78, 5) is 10.7. The Hall–Kier alpha value is -1.36. The number of piperidine rings is 1. The molecule has 0 radical (unpaired) electrons. The first-order valence-corrected chi connectivity index (χ1v) is 6.17. The second-order valence-corrected chi connectivity index (χ2v) is 4.47. The van der Waals surface area contributed by atoms with Gasteiger partial charge in [0.15, 0.2) is 0 Å². The van der Waals surface area contributed by atoms with E-state index in [9.17, 15) is 0 Å². The highest BCUT2D eigenvalue weighted by Gasteiger charge is 2.24. The zero-order chi connectivity index (χ0) is 12.3. The van der Waals surface area contributed by atoms with Gasteiger partial charge in [0.1, 0.15) is 12.1 Å². The second-order valence-electron chi connectivity index (χ2n) is 4.47. The van der Waals surface area contributed by atoms with Crippen LogP contribution in [-0.4, -0.2) is 35.2 Å². The number of nitrogens with zero attached hydrogens (tertiary/aromatic N) is 3. The Labute approximate surface area is 102 Å². The van der Waals surface area contributed by atoms with Crippen molar-refractivity contribution >= 4 is 5.82 Å². The molecule has 2 N–H and O–H groups in total. The Kier molecular flexibility index (Phi) is 3.78. The van der Waals surface area contributed by atoms with Crippen molar-refractivity contribution in [2.45, 2.75) is 38.8 Å². The number of aromatic nitrogens is 2. The van der Waals surface area contributed by atoms with E-state index >= 15 is 0 Å². The number of hydrogen-bond donors (Lipinski definition) is 1. The topological polar surface area (TPSA) is 64.3 Å². The molecule has 0 aromatic carbocycles. The molecule has 5 nitrogen and oxygen atoms in total. The maximum Gasteiger partial charge on any atom is 0.218 e. The van der Waals surface area contributed by atoms with Gasteiger partial charge in [-0.05, 0) is 26.7 Å². The van der Waals surface area contributed by atoms with Gasteiger partial charge < -0.3 is 15.4 Å². The Morgan fingerprint density at radius 2 is 2.35 bits per heavy atom. The number of anilines is 1. The highest BCUT2D eigenvalue weighted by Crippen LogP contribution is 2.24. The first-order chi connectivity index (χ1) is 8.20. The van der Waals surface area contributed by atoms with Crippen molar-refractivity contribution < 1.29 is 4.74 Å². The van der Waals surface area contributed by atoms with Crippen molar-refractivity contribution in [1.29, 1.82) is 0 Å². The molecule has 5 heteroatoms. The minimum absolute atomic E-state index is 0.314. The number of rotatable bonds is 3. The Morgan fingerprint density at radius 3 is 3.06 bits per heavy atom. The standard InChI is InChI=1S/C12H20N4O/c1-3-17-12-7-11(14-8-15-12)16-5-4-10(13)6-9(16)2/h7-10H,3-6,13H2,1-2H3. The van der Waals surface area contributed by atoms with Crippen LogP contribution in [0.4, 0.5) is 5.82 Å². The highest BCUT2D eigenvalue weighted by atomic mass is 16.5. The molecule has 1 saturated heterocycles. The van der Waals surface area contributed by atoms with Crippen molar-refractivity contribution in [3.63, 3.8) is 0 Å². The van der Waals surface area contributed by atoms with E-state index in [1.165, 1.54) is 0 Å². The first-order valence-electron chi connectivity index (χ1n) is 6.17. The minimum atomic E-state index is 0.314. The normalized spacial score (nSPS) is 24.8. The van der Waals surface area contributed by atoms with E-state index in [4.69, 9.17) is 10.5 Å². The van der Waals surface area contributed by atoms with Gasteiger partial charge in [-0.25, -0.2) is 9.97 Å². The molecule has 0 amide bonds. The molecule has 0 aliphatic carbocycles. The lowest BCUT2D eigenvalue weighted by Crippen LogP contribution is -2.46. The van der Waals surface area contributed by atoms with Gasteiger partial charge in [0.2, 0.25) is 5.88 Å². The molecule has 0 bridgehead atoms. The van der Waals surface area contributed by atoms with Gasteiger partial charge in [-0.15, -0.1) is 0 Å². The van der Waals surface area contributed by atoms with Crippen LogP contribution in [0, 0.1) is 0 Å². The summed E-state index contributed by atoms with van der Waals surface area (Å²) in [6.07, 6.45) is 3.58. The van der Waals surface area contributed by atoms with Crippen molar-refractivity contribution in [2.24, 2.45) is 5.73 Å². The Balaban J connectivity index is 2.13. The van der Waals surface area contributed by atoms with Gasteiger partial charge >= 0.3 is 0 Å². The van der Waals surface area contributed by atoms with Crippen molar-refractivity contribution in [1.82, 2.24) is 9.97 Å². The molecule has 2 heterocycles. The lowest BCUT2D eigenvalue weighted by Gasteiger charge is -2.37. The van der Waals surface area contributed by atoms with E-state index in [-0.39, 0.29) is 0 Å². The first kappa shape index (κ1) is 12.1. The molecular formula is C12H20N4O. The molecular weight excluding hydrogens is 216 g/mol. The predicted molar refractivity (Wildman–Crippen MR) is 67.2 cm³/mol. The van der Waals surface area contributed by atoms with Gasteiger partial charge in [0.25, 0.3) is 0 Å². The predicted octanol–water partition coefficient (Wildman–Crippen LogP) is 1.19. The second kappa shape index (κ2) is 5.31. The quantitative estimate of drug-likeness (QED) is 0.854. The molecule has 2 unspecified atom stereocenters. The largest absolute Gasteiger partial charge is 0.478 e. The van der Waals surface area contributed by atoms with Gasteiger partial charge in [0, 0.05) is 24.7 Å². The van der Waals surface area contributed by atoms with E-state index in [0.717, 1.165) is 25.2 Å². The third-order valence-electron chi connectivity index (χ3n) is 3.13. The number of hydrogen-bond acceptors (Lipinski definition) is 5. The van der Waals surface area contributed by atoms with Crippen LogP contribution >= 0.6 is 0 Å². The molecule has 0 spiro atoms. The minimum Gasteiger partial charge on any atom is -0.478 e. The summed E-state index contributed by atoms with van der Waals surface area (Å²) in [6.45, 7) is 5.70. The number of ether oxygens (including phenoxy) is 1. The summed E-state index contributed by atoms with van der Waals surface area (Å²) >= 11 is 0. The van der Waals surface area contributed by atoms with Crippen molar-refractivity contribution in [3.8, 4) is 5.88 Å². The Bertz CT molecular complexity index is 371. The molecule has 94 valence electrons. The molecule has 1 aromatic heterocycles. The smallest absolute Gasteiger partial charge is 0.218 e. The van der Waals surface area contributed by atoms with Crippen LogP contribution in [0.25, 0.3) is 0 Å². The monoisotopic (exact) mass is 236 g/mol. The van der Waals surface area contributed by atoms with Crippen LogP contribution in [0.3, 0.4) is 0 Å². The van der Waals surface area contributed by atoms with Crippen LogP contribution in [0.1, 0.15) is 26.7 Å². The number of nitrogens with two attached hydrogens (primary N) is 1. The lowest BCUT2D eigenvalue weighted by atomic mass is 9.99. The van der Waals surface area contributed by atoms with Gasteiger partial charge in [-0.2, -0.15) is 0 Å². The molecule has 1 fully saturated rings. The molecule has 1 aromatic rings. The van der Waals surface area contributed by atoms with Gasteiger partial charge in [-0.3, -0.25) is 0 Å². The van der Waals surface area contributed by atoms with Crippen LogP contribution in [0.2, 0.25) is 0 Å². The summed E-state index contributed by atoms with van der Waals surface area (Å²) in [5.41, 5.74) is 5.96. The third-order valence-corrected chi connectivity index (χ3v) is 3.13. The molecule has 1 aliphatic rings. The molecule has 1 aliphatic heterocycles. The molecule has 17 heavy (non-hydrogen) atoms. The van der Waals surface area contributed by atoms with E-state index < -0.39 is 0 Å². The molecule has 2 rings (SSSR count). The fraction of sp³-hybridized carbons (Fsp3) is 0.667. The SMILES string of the molecule is CCOc1cc(N2CCC(N)CC2C)ncn1. The fourth-order valence-corrected chi connectivity index (χ4v) is 2.26. The maximum absolute atomic E-state index is 5.96. The lowest BCUT2D eigenvalue weighted by molar-refractivity contribution is 0.325. The maximum atomic E-state index is 5.96. The highest BCUT2D eigenvalue weighted by molar-refractivity contribution is 5.42. The van der Waals surface area contributed by atoms with E-state index in [1.54, 1.807) is 6.33 Å². The summed E-state index contributed by atoms with van der Waals surface area (Å²) in [7, 11) is 0. The average molecular weight is 236 g/mol.